The molecule has 0 saturated carbocycles. The van der Waals surface area contributed by atoms with E-state index in [4.69, 9.17) is 0 Å². The van der Waals surface area contributed by atoms with Crippen LogP contribution in [0.3, 0.4) is 0 Å². The van der Waals surface area contributed by atoms with Gasteiger partial charge in [-0.25, -0.2) is 0 Å². The van der Waals surface area contributed by atoms with Gasteiger partial charge in [-0.05, 0) is 26.6 Å². The average molecular weight is 200 g/mol. The van der Waals surface area contributed by atoms with Crippen LogP contribution in [0.15, 0.2) is 0 Å². The molecule has 0 bridgehead atoms. The monoisotopic (exact) mass is 200 g/mol. The SMILES string of the molecule is C1CNCCN1.CN1CCCNCC1. The van der Waals surface area contributed by atoms with Gasteiger partial charge in [-0.3, -0.25) is 0 Å². The molecule has 0 amide bonds. The first kappa shape index (κ1) is 11.9. The highest BCUT2D eigenvalue weighted by atomic mass is 15.1. The van der Waals surface area contributed by atoms with Crippen LogP contribution < -0.4 is 16.0 Å². The van der Waals surface area contributed by atoms with Gasteiger partial charge in [0.15, 0.2) is 0 Å². The molecule has 4 nitrogen and oxygen atoms in total. The molecule has 14 heavy (non-hydrogen) atoms. The standard InChI is InChI=1S/C6H14N2.C4H10N2/c1-8-5-2-3-7-4-6-8;1-2-6-4-3-5-1/h7H,2-6H2,1H3;5-6H,1-4H2. The van der Waals surface area contributed by atoms with Crippen molar-refractivity contribution in [3.63, 3.8) is 0 Å². The lowest BCUT2D eigenvalue weighted by molar-refractivity contribution is 0.358. The van der Waals surface area contributed by atoms with Gasteiger partial charge in [0.05, 0.1) is 0 Å². The van der Waals surface area contributed by atoms with E-state index in [1.807, 2.05) is 0 Å². The van der Waals surface area contributed by atoms with E-state index in [0.717, 1.165) is 32.7 Å². The van der Waals surface area contributed by atoms with E-state index in [0.29, 0.717) is 0 Å². The Balaban J connectivity index is 0.000000146. The van der Waals surface area contributed by atoms with Crippen LogP contribution in [0.5, 0.6) is 0 Å². The second-order valence-electron chi connectivity index (χ2n) is 3.91. The number of likely N-dealkylation sites (N-methyl/N-ethyl adjacent to an activating group) is 1. The second kappa shape index (κ2) is 8.17. The Bertz CT molecular complexity index is 106. The molecule has 2 saturated heterocycles. The summed E-state index contributed by atoms with van der Waals surface area (Å²) >= 11 is 0. The quantitative estimate of drug-likeness (QED) is 0.473. The van der Waals surface area contributed by atoms with Gasteiger partial charge in [0.25, 0.3) is 0 Å². The van der Waals surface area contributed by atoms with Gasteiger partial charge in [-0.1, -0.05) is 0 Å². The van der Waals surface area contributed by atoms with Crippen molar-refractivity contribution in [2.24, 2.45) is 0 Å². The fraction of sp³-hybridized carbons (Fsp3) is 1.00. The second-order valence-corrected chi connectivity index (χ2v) is 3.91. The molecule has 2 aliphatic heterocycles. The van der Waals surface area contributed by atoms with E-state index < -0.39 is 0 Å². The molecule has 2 heterocycles. The van der Waals surface area contributed by atoms with Gasteiger partial charge in [0.2, 0.25) is 0 Å². The molecule has 2 rings (SSSR count). The van der Waals surface area contributed by atoms with Gasteiger partial charge < -0.3 is 20.9 Å². The normalized spacial score (nSPS) is 24.6. The van der Waals surface area contributed by atoms with Crippen LogP contribution >= 0.6 is 0 Å². The van der Waals surface area contributed by atoms with Crippen LogP contribution in [-0.2, 0) is 0 Å². The predicted octanol–water partition coefficient (Wildman–Crippen LogP) is -0.909. The maximum Gasteiger partial charge on any atom is 0.0104 e. The molecule has 3 N–H and O–H groups in total. The summed E-state index contributed by atoms with van der Waals surface area (Å²) < 4.78 is 0. The number of nitrogens with one attached hydrogen (secondary N) is 3. The van der Waals surface area contributed by atoms with E-state index in [2.05, 4.69) is 27.9 Å². The molecule has 4 heteroatoms. The van der Waals surface area contributed by atoms with E-state index in [-0.39, 0.29) is 0 Å². The molecular formula is C10H24N4. The van der Waals surface area contributed by atoms with Crippen LogP contribution in [0.25, 0.3) is 0 Å². The molecule has 2 fully saturated rings. The first-order chi connectivity index (χ1) is 6.89. The van der Waals surface area contributed by atoms with Crippen molar-refractivity contribution in [2.45, 2.75) is 6.42 Å². The maximum absolute atomic E-state index is 3.34. The highest BCUT2D eigenvalue weighted by Gasteiger charge is 2.00. The van der Waals surface area contributed by atoms with Crippen molar-refractivity contribution in [1.29, 1.82) is 0 Å². The molecule has 0 atom stereocenters. The highest BCUT2D eigenvalue weighted by Crippen LogP contribution is 1.88. The maximum atomic E-state index is 3.34. The summed E-state index contributed by atoms with van der Waals surface area (Å²) in [5, 5.41) is 9.78. The van der Waals surface area contributed by atoms with Crippen molar-refractivity contribution in [1.82, 2.24) is 20.9 Å². The molecule has 0 aromatic rings. The summed E-state index contributed by atoms with van der Waals surface area (Å²) in [5.74, 6) is 0. The molecule has 2 aliphatic rings. The first-order valence-electron chi connectivity index (χ1n) is 5.70. The van der Waals surface area contributed by atoms with Crippen molar-refractivity contribution < 1.29 is 0 Å². The Hall–Kier alpha value is -0.160. The van der Waals surface area contributed by atoms with Crippen LogP contribution in [0.1, 0.15) is 6.42 Å². The van der Waals surface area contributed by atoms with Gasteiger partial charge in [-0.2, -0.15) is 0 Å². The van der Waals surface area contributed by atoms with E-state index in [1.165, 1.54) is 26.1 Å². The molecule has 0 radical (unpaired) electrons. The molecule has 0 aromatic carbocycles. The van der Waals surface area contributed by atoms with Gasteiger partial charge in [0, 0.05) is 39.3 Å². The molecule has 0 spiro atoms. The number of hydrogen-bond donors (Lipinski definition) is 3. The summed E-state index contributed by atoms with van der Waals surface area (Å²) in [6.07, 6.45) is 1.30. The third kappa shape index (κ3) is 6.32. The third-order valence-electron chi connectivity index (χ3n) is 2.52. The van der Waals surface area contributed by atoms with E-state index in [1.54, 1.807) is 0 Å². The fourth-order valence-corrected chi connectivity index (χ4v) is 1.58. The number of nitrogens with zero attached hydrogens (tertiary/aromatic N) is 1. The lowest BCUT2D eigenvalue weighted by Crippen LogP contribution is -2.39. The lowest BCUT2D eigenvalue weighted by Gasteiger charge is -2.11. The van der Waals surface area contributed by atoms with Crippen LogP contribution in [0.4, 0.5) is 0 Å². The zero-order chi connectivity index (χ0) is 10.1. The average Bonchev–Trinajstić information content (AvgIpc) is 2.49. The summed E-state index contributed by atoms with van der Waals surface area (Å²) in [6.45, 7) is 9.38. The first-order valence-corrected chi connectivity index (χ1v) is 5.70. The largest absolute Gasteiger partial charge is 0.315 e. The Morgan fingerprint density at radius 1 is 0.714 bits per heavy atom. The van der Waals surface area contributed by atoms with Crippen molar-refractivity contribution >= 4 is 0 Å². The molecular weight excluding hydrogens is 176 g/mol. The van der Waals surface area contributed by atoms with Crippen LogP contribution in [-0.4, -0.2) is 64.3 Å². The van der Waals surface area contributed by atoms with Crippen LogP contribution in [0, 0.1) is 0 Å². The minimum atomic E-state index is 1.14. The highest BCUT2D eigenvalue weighted by molar-refractivity contribution is 4.60. The van der Waals surface area contributed by atoms with Crippen LogP contribution in [0.2, 0.25) is 0 Å². The fourth-order valence-electron chi connectivity index (χ4n) is 1.58. The topological polar surface area (TPSA) is 39.3 Å². The van der Waals surface area contributed by atoms with Crippen molar-refractivity contribution in [3.05, 3.63) is 0 Å². The minimum Gasteiger partial charge on any atom is -0.315 e. The molecule has 0 aliphatic carbocycles. The minimum absolute atomic E-state index is 1.14. The number of rotatable bonds is 0. The summed E-state index contributed by atoms with van der Waals surface area (Å²) in [6, 6.07) is 0. The zero-order valence-corrected chi connectivity index (χ0v) is 9.31. The Labute approximate surface area is 87.4 Å². The summed E-state index contributed by atoms with van der Waals surface area (Å²) in [7, 11) is 2.17. The van der Waals surface area contributed by atoms with Gasteiger partial charge in [0.1, 0.15) is 0 Å². The Kier molecular flexibility index (Phi) is 6.95. The smallest absolute Gasteiger partial charge is 0.0104 e. The Morgan fingerprint density at radius 2 is 1.29 bits per heavy atom. The molecule has 0 unspecified atom stereocenters. The zero-order valence-electron chi connectivity index (χ0n) is 9.31. The summed E-state index contributed by atoms with van der Waals surface area (Å²) in [4.78, 5) is 2.36. The predicted molar refractivity (Wildman–Crippen MR) is 60.7 cm³/mol. The van der Waals surface area contributed by atoms with E-state index >= 15 is 0 Å². The van der Waals surface area contributed by atoms with Crippen molar-refractivity contribution in [2.75, 3.05) is 59.4 Å². The number of hydrogen-bond acceptors (Lipinski definition) is 4. The Morgan fingerprint density at radius 3 is 1.86 bits per heavy atom. The van der Waals surface area contributed by atoms with Crippen molar-refractivity contribution in [3.8, 4) is 0 Å². The van der Waals surface area contributed by atoms with E-state index in [9.17, 15) is 0 Å². The molecule has 0 aromatic heterocycles. The number of piperazine rings is 1. The third-order valence-corrected chi connectivity index (χ3v) is 2.52. The molecule has 84 valence electrons. The summed E-state index contributed by atoms with van der Waals surface area (Å²) in [5.41, 5.74) is 0. The van der Waals surface area contributed by atoms with Gasteiger partial charge >= 0.3 is 0 Å². The lowest BCUT2D eigenvalue weighted by atomic mass is 10.4. The van der Waals surface area contributed by atoms with Gasteiger partial charge in [-0.15, -0.1) is 0 Å².